The van der Waals surface area contributed by atoms with Crippen LogP contribution in [0.15, 0.2) is 35.0 Å². The quantitative estimate of drug-likeness (QED) is 0.880. The molecular formula is C13H15NO4. The molecule has 0 saturated carbocycles. The molecule has 0 radical (unpaired) electrons. The summed E-state index contributed by atoms with van der Waals surface area (Å²) in [5.41, 5.74) is 0.777. The molecule has 18 heavy (non-hydrogen) atoms. The first-order valence-electron chi connectivity index (χ1n) is 5.59. The summed E-state index contributed by atoms with van der Waals surface area (Å²) in [7, 11) is 1.56. The van der Waals surface area contributed by atoms with Gasteiger partial charge in [-0.3, -0.25) is 0 Å². The van der Waals surface area contributed by atoms with Crippen molar-refractivity contribution in [1.82, 2.24) is 5.16 Å². The van der Waals surface area contributed by atoms with Crippen LogP contribution in [0.25, 0.3) is 0 Å². The van der Waals surface area contributed by atoms with E-state index in [2.05, 4.69) is 5.16 Å². The number of hydrogen-bond acceptors (Lipinski definition) is 5. The molecule has 1 atom stereocenters. The van der Waals surface area contributed by atoms with Crippen molar-refractivity contribution < 1.29 is 19.1 Å². The van der Waals surface area contributed by atoms with Gasteiger partial charge in [-0.1, -0.05) is 11.2 Å². The summed E-state index contributed by atoms with van der Waals surface area (Å²) in [6.07, 6.45) is 1.02. The molecule has 2 rings (SSSR count). The third-order valence-electron chi connectivity index (χ3n) is 2.53. The molecule has 0 fully saturated rings. The van der Waals surface area contributed by atoms with Gasteiger partial charge in [0.2, 0.25) is 0 Å². The van der Waals surface area contributed by atoms with Crippen LogP contribution in [0.3, 0.4) is 0 Å². The molecule has 0 aliphatic rings. The zero-order valence-electron chi connectivity index (χ0n) is 10.3. The highest BCUT2D eigenvalue weighted by Gasteiger charge is 2.09. The average molecular weight is 249 g/mol. The van der Waals surface area contributed by atoms with E-state index < -0.39 is 6.10 Å². The molecule has 0 unspecified atom stereocenters. The Labute approximate surface area is 105 Å². The number of aliphatic hydroxyl groups excluding tert-OH is 1. The predicted octanol–water partition coefficient (Wildman–Crippen LogP) is 2.32. The lowest BCUT2D eigenvalue weighted by molar-refractivity contribution is 0.198. The van der Waals surface area contributed by atoms with Gasteiger partial charge in [0.1, 0.15) is 6.61 Å². The molecule has 0 aliphatic carbocycles. The standard InChI is InChI=1S/C13H15NO4/c1-9(15)10-3-4-12(13(7-10)16-2)17-8-11-5-6-14-18-11/h3-7,9,15H,8H2,1-2H3/t9-/m1/s1. The zero-order valence-corrected chi connectivity index (χ0v) is 10.3. The number of hydrogen-bond donors (Lipinski definition) is 1. The Morgan fingerprint density at radius 2 is 2.17 bits per heavy atom. The molecule has 1 aromatic carbocycles. The summed E-state index contributed by atoms with van der Waals surface area (Å²) in [4.78, 5) is 0. The van der Waals surface area contributed by atoms with Crippen molar-refractivity contribution in [3.63, 3.8) is 0 Å². The van der Waals surface area contributed by atoms with Crippen molar-refractivity contribution in [3.05, 3.63) is 41.8 Å². The van der Waals surface area contributed by atoms with E-state index >= 15 is 0 Å². The van der Waals surface area contributed by atoms with Crippen LogP contribution >= 0.6 is 0 Å². The minimum Gasteiger partial charge on any atom is -0.493 e. The molecule has 5 heteroatoms. The number of benzene rings is 1. The molecule has 0 spiro atoms. The van der Waals surface area contributed by atoms with E-state index in [0.717, 1.165) is 5.56 Å². The number of aliphatic hydroxyl groups is 1. The predicted molar refractivity (Wildman–Crippen MR) is 64.5 cm³/mol. The fourth-order valence-electron chi connectivity index (χ4n) is 1.53. The van der Waals surface area contributed by atoms with E-state index in [9.17, 15) is 5.11 Å². The first kappa shape index (κ1) is 12.4. The maximum Gasteiger partial charge on any atom is 0.174 e. The van der Waals surface area contributed by atoms with Gasteiger partial charge >= 0.3 is 0 Å². The molecular weight excluding hydrogens is 234 g/mol. The largest absolute Gasteiger partial charge is 0.493 e. The van der Waals surface area contributed by atoms with Crippen molar-refractivity contribution in [3.8, 4) is 11.5 Å². The Bertz CT molecular complexity index is 494. The number of aromatic nitrogens is 1. The maximum atomic E-state index is 9.50. The van der Waals surface area contributed by atoms with Crippen LogP contribution in [-0.4, -0.2) is 17.4 Å². The van der Waals surface area contributed by atoms with Gasteiger partial charge in [-0.2, -0.15) is 0 Å². The van der Waals surface area contributed by atoms with Crippen LogP contribution in [0.1, 0.15) is 24.4 Å². The second kappa shape index (κ2) is 5.55. The number of rotatable bonds is 5. The molecule has 1 heterocycles. The molecule has 0 bridgehead atoms. The monoisotopic (exact) mass is 249 g/mol. The van der Waals surface area contributed by atoms with Gasteiger partial charge in [0.15, 0.2) is 17.3 Å². The molecule has 0 saturated heterocycles. The Kier molecular flexibility index (Phi) is 3.84. The molecule has 0 amide bonds. The first-order chi connectivity index (χ1) is 8.70. The smallest absolute Gasteiger partial charge is 0.174 e. The lowest BCUT2D eigenvalue weighted by Crippen LogP contribution is -1.98. The highest BCUT2D eigenvalue weighted by Crippen LogP contribution is 2.30. The van der Waals surface area contributed by atoms with E-state index in [0.29, 0.717) is 17.3 Å². The Balaban J connectivity index is 2.12. The molecule has 5 nitrogen and oxygen atoms in total. The second-order valence-corrected chi connectivity index (χ2v) is 3.85. The lowest BCUT2D eigenvalue weighted by atomic mass is 10.1. The van der Waals surface area contributed by atoms with Crippen molar-refractivity contribution in [2.75, 3.05) is 7.11 Å². The summed E-state index contributed by atoms with van der Waals surface area (Å²) in [6.45, 7) is 1.98. The van der Waals surface area contributed by atoms with Crippen molar-refractivity contribution in [2.24, 2.45) is 0 Å². The van der Waals surface area contributed by atoms with Crippen molar-refractivity contribution >= 4 is 0 Å². The minimum atomic E-state index is -0.540. The van der Waals surface area contributed by atoms with E-state index in [-0.39, 0.29) is 6.61 Å². The van der Waals surface area contributed by atoms with E-state index in [4.69, 9.17) is 14.0 Å². The topological polar surface area (TPSA) is 64.7 Å². The normalized spacial score (nSPS) is 12.2. The van der Waals surface area contributed by atoms with Crippen LogP contribution in [0, 0.1) is 0 Å². The van der Waals surface area contributed by atoms with Crippen molar-refractivity contribution in [1.29, 1.82) is 0 Å². The van der Waals surface area contributed by atoms with Crippen LogP contribution in [-0.2, 0) is 6.61 Å². The second-order valence-electron chi connectivity index (χ2n) is 3.85. The number of nitrogens with zero attached hydrogens (tertiary/aromatic N) is 1. The molecule has 2 aromatic rings. The summed E-state index contributed by atoms with van der Waals surface area (Å²) < 4.78 is 15.7. The summed E-state index contributed by atoms with van der Waals surface area (Å²) in [5, 5.41) is 13.1. The average Bonchev–Trinajstić information content (AvgIpc) is 2.89. The highest BCUT2D eigenvalue weighted by molar-refractivity contribution is 5.43. The van der Waals surface area contributed by atoms with Gasteiger partial charge in [0.25, 0.3) is 0 Å². The maximum absolute atomic E-state index is 9.50. The van der Waals surface area contributed by atoms with Crippen LogP contribution in [0.4, 0.5) is 0 Å². The minimum absolute atomic E-state index is 0.282. The molecule has 1 N–H and O–H groups in total. The molecule has 1 aromatic heterocycles. The van der Waals surface area contributed by atoms with Gasteiger partial charge in [-0.15, -0.1) is 0 Å². The van der Waals surface area contributed by atoms with Gasteiger partial charge in [0, 0.05) is 6.07 Å². The first-order valence-corrected chi connectivity index (χ1v) is 5.59. The summed E-state index contributed by atoms with van der Waals surface area (Å²) in [5.74, 6) is 1.81. The molecule has 0 aliphatic heterocycles. The van der Waals surface area contributed by atoms with Gasteiger partial charge in [0.05, 0.1) is 19.4 Å². The lowest BCUT2D eigenvalue weighted by Gasteiger charge is -2.12. The number of ether oxygens (including phenoxy) is 2. The fourth-order valence-corrected chi connectivity index (χ4v) is 1.53. The Hall–Kier alpha value is -2.01. The van der Waals surface area contributed by atoms with Gasteiger partial charge < -0.3 is 19.1 Å². The van der Waals surface area contributed by atoms with Gasteiger partial charge in [-0.05, 0) is 24.6 Å². The van der Waals surface area contributed by atoms with Crippen LogP contribution in [0.2, 0.25) is 0 Å². The Morgan fingerprint density at radius 1 is 1.33 bits per heavy atom. The third kappa shape index (κ3) is 2.81. The van der Waals surface area contributed by atoms with E-state index in [1.165, 1.54) is 0 Å². The van der Waals surface area contributed by atoms with Crippen LogP contribution < -0.4 is 9.47 Å². The summed E-state index contributed by atoms with van der Waals surface area (Å²) >= 11 is 0. The van der Waals surface area contributed by atoms with E-state index in [1.807, 2.05) is 0 Å². The van der Waals surface area contributed by atoms with Crippen LogP contribution in [0.5, 0.6) is 11.5 Å². The third-order valence-corrected chi connectivity index (χ3v) is 2.53. The van der Waals surface area contributed by atoms with Gasteiger partial charge in [-0.25, -0.2) is 0 Å². The fraction of sp³-hybridized carbons (Fsp3) is 0.308. The molecule has 96 valence electrons. The van der Waals surface area contributed by atoms with E-state index in [1.54, 1.807) is 44.5 Å². The summed E-state index contributed by atoms with van der Waals surface area (Å²) in [6, 6.07) is 7.04. The zero-order chi connectivity index (χ0) is 13.0. The highest BCUT2D eigenvalue weighted by atomic mass is 16.5. The SMILES string of the molecule is COc1cc([C@@H](C)O)ccc1OCc1ccno1. The Morgan fingerprint density at radius 3 is 2.78 bits per heavy atom. The number of methoxy groups -OCH3 is 1. The van der Waals surface area contributed by atoms with Crippen molar-refractivity contribution in [2.45, 2.75) is 19.6 Å².